The molecule has 0 bridgehead atoms. The van der Waals surface area contributed by atoms with Crippen LogP contribution in [-0.4, -0.2) is 22.8 Å². The molecule has 168 valence electrons. The van der Waals surface area contributed by atoms with Crippen LogP contribution in [0.2, 0.25) is 0 Å². The molecular formula is C27H27N3O3. The van der Waals surface area contributed by atoms with Gasteiger partial charge in [0.2, 0.25) is 0 Å². The van der Waals surface area contributed by atoms with Crippen LogP contribution in [0, 0.1) is 13.8 Å². The molecule has 3 aromatic carbocycles. The van der Waals surface area contributed by atoms with Crippen LogP contribution in [0.3, 0.4) is 0 Å². The van der Waals surface area contributed by atoms with E-state index in [2.05, 4.69) is 10.4 Å². The van der Waals surface area contributed by atoms with Gasteiger partial charge in [0.25, 0.3) is 5.91 Å². The molecule has 0 unspecified atom stereocenters. The summed E-state index contributed by atoms with van der Waals surface area (Å²) in [5.74, 6) is 1.53. The number of amides is 1. The lowest BCUT2D eigenvalue weighted by Gasteiger charge is -2.12. The first kappa shape index (κ1) is 22.1. The topological polar surface area (TPSA) is 65.4 Å². The third kappa shape index (κ3) is 5.60. The molecule has 4 rings (SSSR count). The van der Waals surface area contributed by atoms with Gasteiger partial charge < -0.3 is 14.8 Å². The summed E-state index contributed by atoms with van der Waals surface area (Å²) in [6.07, 6.45) is 3.45. The van der Waals surface area contributed by atoms with Gasteiger partial charge in [-0.1, -0.05) is 42.5 Å². The Labute approximate surface area is 193 Å². The molecule has 6 heteroatoms. The van der Waals surface area contributed by atoms with Crippen LogP contribution in [0.4, 0.5) is 5.69 Å². The van der Waals surface area contributed by atoms with Crippen LogP contribution < -0.4 is 14.8 Å². The number of para-hydroxylation sites is 1. The largest absolute Gasteiger partial charge is 0.497 e. The molecule has 6 nitrogen and oxygen atoms in total. The molecule has 0 atom stereocenters. The summed E-state index contributed by atoms with van der Waals surface area (Å²) in [4.78, 5) is 12.6. The molecule has 0 spiro atoms. The first-order valence-electron chi connectivity index (χ1n) is 10.8. The van der Waals surface area contributed by atoms with E-state index in [-0.39, 0.29) is 5.91 Å². The first-order valence-corrected chi connectivity index (χ1v) is 10.8. The number of methoxy groups -OCH3 is 1. The molecular weight excluding hydrogens is 414 g/mol. The summed E-state index contributed by atoms with van der Waals surface area (Å²) in [7, 11) is 1.64. The standard InChI is InChI=1S/C27H27N3O3/c1-19-6-4-7-20(2)26(19)33-18-21-10-12-23(13-11-21)27(31)29-24-15-28-30(17-24)16-22-8-5-9-25(14-22)32-3/h4-15,17H,16,18H2,1-3H3,(H,29,31). The van der Waals surface area contributed by atoms with Crippen molar-refractivity contribution in [3.8, 4) is 11.5 Å². The Balaban J connectivity index is 1.34. The maximum atomic E-state index is 12.6. The van der Waals surface area contributed by atoms with Crippen molar-refractivity contribution in [2.24, 2.45) is 0 Å². The Hall–Kier alpha value is -4.06. The lowest BCUT2D eigenvalue weighted by molar-refractivity contribution is 0.102. The molecule has 0 saturated heterocycles. The molecule has 0 aliphatic rings. The normalized spacial score (nSPS) is 10.6. The molecule has 1 aromatic heterocycles. The van der Waals surface area contributed by atoms with E-state index in [4.69, 9.17) is 9.47 Å². The van der Waals surface area contributed by atoms with Gasteiger partial charge in [-0.15, -0.1) is 0 Å². The van der Waals surface area contributed by atoms with E-state index in [1.54, 1.807) is 30.1 Å². The van der Waals surface area contributed by atoms with Gasteiger partial charge in [-0.2, -0.15) is 5.10 Å². The smallest absolute Gasteiger partial charge is 0.255 e. The van der Waals surface area contributed by atoms with Crippen molar-refractivity contribution < 1.29 is 14.3 Å². The summed E-state index contributed by atoms with van der Waals surface area (Å²) in [6.45, 7) is 5.11. The fourth-order valence-electron chi connectivity index (χ4n) is 3.61. The highest BCUT2D eigenvalue weighted by atomic mass is 16.5. The predicted octanol–water partition coefficient (Wildman–Crippen LogP) is 5.39. The van der Waals surface area contributed by atoms with Crippen LogP contribution in [-0.2, 0) is 13.2 Å². The highest BCUT2D eigenvalue weighted by molar-refractivity contribution is 6.04. The average molecular weight is 442 g/mol. The zero-order valence-corrected chi connectivity index (χ0v) is 19.0. The second kappa shape index (κ2) is 10.0. The van der Waals surface area contributed by atoms with Gasteiger partial charge >= 0.3 is 0 Å². The first-order chi connectivity index (χ1) is 16.0. The number of carbonyl (C=O) groups excluding carboxylic acids is 1. The summed E-state index contributed by atoms with van der Waals surface area (Å²) in [5, 5.41) is 7.24. The summed E-state index contributed by atoms with van der Waals surface area (Å²) in [6, 6.07) is 21.3. The fourth-order valence-corrected chi connectivity index (χ4v) is 3.61. The quantitative estimate of drug-likeness (QED) is 0.398. The molecule has 1 amide bonds. The van der Waals surface area contributed by atoms with Gasteiger partial charge in [-0.3, -0.25) is 9.48 Å². The maximum absolute atomic E-state index is 12.6. The van der Waals surface area contributed by atoms with Gasteiger partial charge in [-0.05, 0) is 60.4 Å². The number of anilines is 1. The zero-order valence-electron chi connectivity index (χ0n) is 19.0. The van der Waals surface area contributed by atoms with Gasteiger partial charge in [0.1, 0.15) is 18.1 Å². The maximum Gasteiger partial charge on any atom is 0.255 e. The van der Waals surface area contributed by atoms with Crippen molar-refractivity contribution in [1.82, 2.24) is 9.78 Å². The molecule has 1 heterocycles. The number of hydrogen-bond acceptors (Lipinski definition) is 4. The van der Waals surface area contributed by atoms with E-state index in [0.717, 1.165) is 33.8 Å². The summed E-state index contributed by atoms with van der Waals surface area (Å²) < 4.78 is 13.0. The van der Waals surface area contributed by atoms with Crippen molar-refractivity contribution in [2.75, 3.05) is 12.4 Å². The third-order valence-electron chi connectivity index (χ3n) is 5.38. The highest BCUT2D eigenvalue weighted by Gasteiger charge is 2.09. The molecule has 0 radical (unpaired) electrons. The number of aromatic nitrogens is 2. The van der Waals surface area contributed by atoms with Crippen LogP contribution in [0.25, 0.3) is 0 Å². The molecule has 33 heavy (non-hydrogen) atoms. The number of hydrogen-bond donors (Lipinski definition) is 1. The molecule has 4 aromatic rings. The number of nitrogens with one attached hydrogen (secondary N) is 1. The van der Waals surface area contributed by atoms with Gasteiger partial charge in [0.05, 0.1) is 25.5 Å². The minimum atomic E-state index is -0.182. The molecule has 1 N–H and O–H groups in total. The van der Waals surface area contributed by atoms with Crippen molar-refractivity contribution in [2.45, 2.75) is 27.0 Å². The minimum Gasteiger partial charge on any atom is -0.497 e. The van der Waals surface area contributed by atoms with E-state index in [9.17, 15) is 4.79 Å². The van der Waals surface area contributed by atoms with E-state index < -0.39 is 0 Å². The van der Waals surface area contributed by atoms with Crippen molar-refractivity contribution in [3.05, 3.63) is 107 Å². The number of carbonyl (C=O) groups is 1. The predicted molar refractivity (Wildman–Crippen MR) is 129 cm³/mol. The Morgan fingerprint density at radius 2 is 1.70 bits per heavy atom. The van der Waals surface area contributed by atoms with Crippen LogP contribution in [0.15, 0.2) is 79.1 Å². The van der Waals surface area contributed by atoms with Gasteiger partial charge in [-0.25, -0.2) is 0 Å². The van der Waals surface area contributed by atoms with Crippen LogP contribution >= 0.6 is 0 Å². The highest BCUT2D eigenvalue weighted by Crippen LogP contribution is 2.23. The average Bonchev–Trinajstić information content (AvgIpc) is 3.25. The van der Waals surface area contributed by atoms with Crippen molar-refractivity contribution in [1.29, 1.82) is 0 Å². The van der Waals surface area contributed by atoms with Crippen LogP contribution in [0.5, 0.6) is 11.5 Å². The van der Waals surface area contributed by atoms with Gasteiger partial charge in [0, 0.05) is 11.8 Å². The molecule has 0 aliphatic carbocycles. The summed E-state index contributed by atoms with van der Waals surface area (Å²) in [5.41, 5.74) is 5.50. The Bertz CT molecular complexity index is 1230. The second-order valence-electron chi connectivity index (χ2n) is 7.94. The van der Waals surface area contributed by atoms with E-state index >= 15 is 0 Å². The zero-order chi connectivity index (χ0) is 23.2. The molecule has 0 saturated carbocycles. The number of nitrogens with zero attached hydrogens (tertiary/aromatic N) is 2. The van der Waals surface area contributed by atoms with E-state index in [1.165, 1.54) is 0 Å². The number of aryl methyl sites for hydroxylation is 2. The third-order valence-corrected chi connectivity index (χ3v) is 5.38. The Morgan fingerprint density at radius 1 is 0.970 bits per heavy atom. The van der Waals surface area contributed by atoms with Crippen molar-refractivity contribution in [3.63, 3.8) is 0 Å². The minimum absolute atomic E-state index is 0.182. The summed E-state index contributed by atoms with van der Waals surface area (Å²) >= 11 is 0. The van der Waals surface area contributed by atoms with Gasteiger partial charge in [0.15, 0.2) is 0 Å². The molecule has 0 aliphatic heterocycles. The Kier molecular flexibility index (Phi) is 6.74. The van der Waals surface area contributed by atoms with Crippen LogP contribution in [0.1, 0.15) is 32.6 Å². The van der Waals surface area contributed by atoms with Crippen molar-refractivity contribution >= 4 is 11.6 Å². The SMILES string of the molecule is COc1cccc(Cn2cc(NC(=O)c3ccc(COc4c(C)cccc4C)cc3)cn2)c1. The fraction of sp³-hybridized carbons (Fsp3) is 0.185. The van der Waals surface area contributed by atoms with E-state index in [1.807, 2.05) is 74.6 Å². The van der Waals surface area contributed by atoms with E-state index in [0.29, 0.717) is 24.4 Å². The monoisotopic (exact) mass is 441 g/mol. The second-order valence-corrected chi connectivity index (χ2v) is 7.94. The molecule has 0 fully saturated rings. The lowest BCUT2D eigenvalue weighted by atomic mass is 10.1. The Morgan fingerprint density at radius 3 is 2.42 bits per heavy atom. The number of benzene rings is 3. The number of ether oxygens (including phenoxy) is 2. The number of rotatable bonds is 8. The lowest BCUT2D eigenvalue weighted by Crippen LogP contribution is -2.11.